The van der Waals surface area contributed by atoms with Gasteiger partial charge in [0.2, 0.25) is 11.8 Å². The second-order valence-electron chi connectivity index (χ2n) is 6.34. The standard InChI is InChI=1S/C19H18N4O2/c1-12-7-15-17(8-13(12)2)22(11-20-15)10-19(25)23-9-18(24)21-14-5-3-4-6-16(14)23/h3-8,11H,9-10H2,1-2H3,(H,21,24). The monoisotopic (exact) mass is 334 g/mol. The molecule has 1 aliphatic heterocycles. The molecular formula is C19H18N4O2. The van der Waals surface area contributed by atoms with Crippen LogP contribution < -0.4 is 10.2 Å². The van der Waals surface area contributed by atoms with Gasteiger partial charge < -0.3 is 9.88 Å². The average molecular weight is 334 g/mol. The number of aryl methyl sites for hydroxylation is 2. The van der Waals surface area contributed by atoms with E-state index in [4.69, 9.17) is 0 Å². The van der Waals surface area contributed by atoms with Crippen LogP contribution in [0.15, 0.2) is 42.7 Å². The Morgan fingerprint density at radius 2 is 1.96 bits per heavy atom. The Morgan fingerprint density at radius 1 is 1.20 bits per heavy atom. The predicted molar refractivity (Wildman–Crippen MR) is 96.6 cm³/mol. The van der Waals surface area contributed by atoms with E-state index in [2.05, 4.69) is 10.3 Å². The summed E-state index contributed by atoms with van der Waals surface area (Å²) < 4.78 is 1.83. The van der Waals surface area contributed by atoms with Gasteiger partial charge in [0, 0.05) is 0 Å². The normalized spacial score (nSPS) is 13.7. The van der Waals surface area contributed by atoms with Gasteiger partial charge in [0.05, 0.1) is 28.7 Å². The second kappa shape index (κ2) is 5.73. The van der Waals surface area contributed by atoms with Crippen molar-refractivity contribution in [2.24, 2.45) is 0 Å². The summed E-state index contributed by atoms with van der Waals surface area (Å²) in [5.74, 6) is -0.325. The Balaban J connectivity index is 1.67. The summed E-state index contributed by atoms with van der Waals surface area (Å²) in [4.78, 5) is 30.7. The molecule has 6 nitrogen and oxygen atoms in total. The van der Waals surface area contributed by atoms with Crippen molar-refractivity contribution in [3.8, 4) is 0 Å². The highest BCUT2D eigenvalue weighted by Crippen LogP contribution is 2.29. The number of aromatic nitrogens is 2. The van der Waals surface area contributed by atoms with Crippen LogP contribution in [0, 0.1) is 13.8 Å². The van der Waals surface area contributed by atoms with Gasteiger partial charge in [-0.1, -0.05) is 12.1 Å². The zero-order valence-corrected chi connectivity index (χ0v) is 14.1. The molecule has 4 rings (SSSR count). The molecule has 2 aromatic carbocycles. The fourth-order valence-electron chi connectivity index (χ4n) is 3.13. The summed E-state index contributed by atoms with van der Waals surface area (Å²) >= 11 is 0. The van der Waals surface area contributed by atoms with Crippen LogP contribution in [0.2, 0.25) is 0 Å². The number of hydrogen-bond acceptors (Lipinski definition) is 3. The van der Waals surface area contributed by atoms with E-state index >= 15 is 0 Å². The van der Waals surface area contributed by atoms with E-state index in [1.807, 2.05) is 48.7 Å². The number of para-hydroxylation sites is 2. The van der Waals surface area contributed by atoms with Crippen molar-refractivity contribution in [2.75, 3.05) is 16.8 Å². The summed E-state index contributed by atoms with van der Waals surface area (Å²) in [5, 5.41) is 2.79. The Morgan fingerprint density at radius 3 is 2.80 bits per heavy atom. The summed E-state index contributed by atoms with van der Waals surface area (Å²) in [5.41, 5.74) is 5.51. The van der Waals surface area contributed by atoms with Crippen molar-refractivity contribution in [1.29, 1.82) is 0 Å². The first-order valence-corrected chi connectivity index (χ1v) is 8.14. The first-order valence-electron chi connectivity index (χ1n) is 8.14. The topological polar surface area (TPSA) is 67.2 Å². The molecule has 25 heavy (non-hydrogen) atoms. The zero-order chi connectivity index (χ0) is 17.6. The van der Waals surface area contributed by atoms with E-state index in [-0.39, 0.29) is 24.9 Å². The van der Waals surface area contributed by atoms with Gasteiger partial charge in [-0.3, -0.25) is 14.5 Å². The molecule has 2 heterocycles. The van der Waals surface area contributed by atoms with Crippen LogP contribution in [0.4, 0.5) is 11.4 Å². The van der Waals surface area contributed by atoms with Gasteiger partial charge in [-0.05, 0) is 49.2 Å². The first-order chi connectivity index (χ1) is 12.0. The summed E-state index contributed by atoms with van der Waals surface area (Å²) in [6, 6.07) is 11.4. The number of carbonyl (C=O) groups is 2. The maximum absolute atomic E-state index is 12.9. The van der Waals surface area contributed by atoms with E-state index < -0.39 is 0 Å². The van der Waals surface area contributed by atoms with Gasteiger partial charge in [0.1, 0.15) is 13.1 Å². The third-order valence-electron chi connectivity index (χ3n) is 4.61. The van der Waals surface area contributed by atoms with Gasteiger partial charge in [0.15, 0.2) is 0 Å². The van der Waals surface area contributed by atoms with Gasteiger partial charge in [-0.2, -0.15) is 0 Å². The number of anilines is 2. The number of fused-ring (bicyclic) bond motifs is 2. The Hall–Kier alpha value is -3.15. The number of nitrogens with zero attached hydrogens (tertiary/aromatic N) is 3. The lowest BCUT2D eigenvalue weighted by atomic mass is 10.1. The minimum absolute atomic E-state index is 0.0284. The van der Waals surface area contributed by atoms with Crippen LogP contribution in [0.25, 0.3) is 11.0 Å². The van der Waals surface area contributed by atoms with Crippen molar-refractivity contribution in [3.05, 3.63) is 53.9 Å². The molecule has 2 amide bonds. The Labute approximate surface area is 145 Å². The fraction of sp³-hybridized carbons (Fsp3) is 0.211. The van der Waals surface area contributed by atoms with Crippen LogP contribution in [0.5, 0.6) is 0 Å². The maximum Gasteiger partial charge on any atom is 0.247 e. The van der Waals surface area contributed by atoms with Crippen LogP contribution in [0.3, 0.4) is 0 Å². The highest BCUT2D eigenvalue weighted by molar-refractivity contribution is 6.09. The molecule has 0 bridgehead atoms. The predicted octanol–water partition coefficient (Wildman–Crippen LogP) is 2.64. The van der Waals surface area contributed by atoms with Crippen molar-refractivity contribution in [2.45, 2.75) is 20.4 Å². The molecule has 1 N–H and O–H groups in total. The van der Waals surface area contributed by atoms with Gasteiger partial charge in [-0.25, -0.2) is 4.98 Å². The third-order valence-corrected chi connectivity index (χ3v) is 4.61. The van der Waals surface area contributed by atoms with E-state index in [9.17, 15) is 9.59 Å². The molecule has 1 aliphatic rings. The lowest BCUT2D eigenvalue weighted by Gasteiger charge is -2.29. The Bertz CT molecular complexity index is 1010. The highest BCUT2D eigenvalue weighted by atomic mass is 16.2. The van der Waals surface area contributed by atoms with E-state index in [0.29, 0.717) is 5.69 Å². The van der Waals surface area contributed by atoms with Gasteiger partial charge >= 0.3 is 0 Å². The van der Waals surface area contributed by atoms with E-state index in [1.54, 1.807) is 12.4 Å². The van der Waals surface area contributed by atoms with E-state index in [1.165, 1.54) is 10.5 Å². The number of imidazole rings is 1. The number of benzene rings is 2. The smallest absolute Gasteiger partial charge is 0.247 e. The molecule has 6 heteroatoms. The molecule has 0 saturated heterocycles. The second-order valence-corrected chi connectivity index (χ2v) is 6.34. The van der Waals surface area contributed by atoms with Crippen molar-refractivity contribution in [1.82, 2.24) is 9.55 Å². The molecule has 3 aromatic rings. The summed E-state index contributed by atoms with van der Waals surface area (Å²) in [7, 11) is 0. The minimum atomic E-state index is -0.186. The van der Waals surface area contributed by atoms with Gasteiger partial charge in [-0.15, -0.1) is 0 Å². The summed E-state index contributed by atoms with van der Waals surface area (Å²) in [6.07, 6.45) is 1.68. The number of hydrogen-bond donors (Lipinski definition) is 1. The highest BCUT2D eigenvalue weighted by Gasteiger charge is 2.26. The Kier molecular flexibility index (Phi) is 3.53. The number of carbonyl (C=O) groups excluding carboxylic acids is 2. The number of amides is 2. The molecule has 0 fully saturated rings. The molecule has 1 aromatic heterocycles. The van der Waals surface area contributed by atoms with E-state index in [0.717, 1.165) is 22.3 Å². The lowest BCUT2D eigenvalue weighted by Crippen LogP contribution is -2.43. The fourth-order valence-corrected chi connectivity index (χ4v) is 3.13. The largest absolute Gasteiger partial charge is 0.323 e. The SMILES string of the molecule is Cc1cc2ncn(CC(=O)N3CC(=O)Nc4ccccc43)c2cc1C. The van der Waals surface area contributed by atoms with Crippen molar-refractivity contribution < 1.29 is 9.59 Å². The van der Waals surface area contributed by atoms with Crippen molar-refractivity contribution in [3.63, 3.8) is 0 Å². The number of rotatable bonds is 2. The first kappa shape index (κ1) is 15.4. The van der Waals surface area contributed by atoms with Crippen LogP contribution >= 0.6 is 0 Å². The molecule has 0 aliphatic carbocycles. The quantitative estimate of drug-likeness (QED) is 0.783. The molecule has 0 atom stereocenters. The zero-order valence-electron chi connectivity index (χ0n) is 14.1. The molecule has 126 valence electrons. The molecule has 0 radical (unpaired) electrons. The lowest BCUT2D eigenvalue weighted by molar-refractivity contribution is -0.122. The van der Waals surface area contributed by atoms with Crippen LogP contribution in [0.1, 0.15) is 11.1 Å². The molecule has 0 spiro atoms. The third kappa shape index (κ3) is 2.65. The molecule has 0 unspecified atom stereocenters. The summed E-state index contributed by atoms with van der Waals surface area (Å²) in [6.45, 7) is 4.25. The minimum Gasteiger partial charge on any atom is -0.323 e. The van der Waals surface area contributed by atoms with Crippen LogP contribution in [-0.4, -0.2) is 27.9 Å². The average Bonchev–Trinajstić information content (AvgIpc) is 2.96. The number of nitrogens with one attached hydrogen (secondary N) is 1. The van der Waals surface area contributed by atoms with Crippen LogP contribution in [-0.2, 0) is 16.1 Å². The maximum atomic E-state index is 12.9. The van der Waals surface area contributed by atoms with Gasteiger partial charge in [0.25, 0.3) is 0 Å². The molecule has 0 saturated carbocycles. The molecular weight excluding hydrogens is 316 g/mol. The van der Waals surface area contributed by atoms with Crippen molar-refractivity contribution >= 4 is 34.2 Å².